The molecule has 5 nitrogen and oxygen atoms in total. The van der Waals surface area contributed by atoms with Crippen LogP contribution in [-0.2, 0) is 11.3 Å². The van der Waals surface area contributed by atoms with Crippen molar-refractivity contribution in [2.75, 3.05) is 6.61 Å². The Bertz CT molecular complexity index is 432. The molecule has 0 amide bonds. The van der Waals surface area contributed by atoms with Crippen molar-refractivity contribution in [3.05, 3.63) is 11.7 Å². The Morgan fingerprint density at radius 1 is 1.30 bits per heavy atom. The van der Waals surface area contributed by atoms with Gasteiger partial charge in [-0.25, -0.2) is 8.78 Å². The Balaban J connectivity index is 2.54. The number of halogens is 4. The molecule has 0 aliphatic carbocycles. The molecular weight excluding hydrogens is 282 g/mol. The number of alkyl halides is 4. The van der Waals surface area contributed by atoms with Crippen molar-refractivity contribution >= 4 is 0 Å². The van der Waals surface area contributed by atoms with E-state index in [0.717, 1.165) is 0 Å². The van der Waals surface area contributed by atoms with Gasteiger partial charge in [-0.05, 0) is 5.41 Å². The molecule has 20 heavy (non-hydrogen) atoms. The number of ether oxygens (including phenoxy) is 1. The molecule has 1 aromatic rings. The van der Waals surface area contributed by atoms with Gasteiger partial charge in [0.25, 0.3) is 0 Å². The van der Waals surface area contributed by atoms with E-state index in [9.17, 15) is 17.6 Å². The second kappa shape index (κ2) is 6.04. The molecular formula is C11H17F4N3O2. The smallest absolute Gasteiger partial charge is 0.330 e. The minimum Gasteiger partial charge on any atom is -0.367 e. The quantitative estimate of drug-likeness (QED) is 0.817. The summed E-state index contributed by atoms with van der Waals surface area (Å²) in [5, 5.41) is 3.49. The first-order valence-corrected chi connectivity index (χ1v) is 5.86. The van der Waals surface area contributed by atoms with Crippen LogP contribution in [0.5, 0.6) is 0 Å². The zero-order chi connectivity index (χ0) is 15.6. The van der Waals surface area contributed by atoms with Crippen molar-refractivity contribution in [2.45, 2.75) is 45.8 Å². The standard InChI is InChI=1S/C11H17F4N3O2/c1-10(2,3)7(16)8-17-6(18-20-8)4-19-5-11(14,15)9(12)13/h7,9H,4-5,16H2,1-3H3. The molecule has 0 aromatic carbocycles. The van der Waals surface area contributed by atoms with E-state index >= 15 is 0 Å². The number of hydrogen-bond acceptors (Lipinski definition) is 5. The summed E-state index contributed by atoms with van der Waals surface area (Å²) in [4.78, 5) is 3.88. The van der Waals surface area contributed by atoms with Gasteiger partial charge in [-0.15, -0.1) is 0 Å². The van der Waals surface area contributed by atoms with Crippen molar-refractivity contribution in [2.24, 2.45) is 11.1 Å². The normalized spacial score (nSPS) is 14.8. The van der Waals surface area contributed by atoms with E-state index in [4.69, 9.17) is 10.3 Å². The largest absolute Gasteiger partial charge is 0.367 e. The van der Waals surface area contributed by atoms with Crippen molar-refractivity contribution in [1.29, 1.82) is 0 Å². The summed E-state index contributed by atoms with van der Waals surface area (Å²) in [6.07, 6.45) is -3.78. The highest BCUT2D eigenvalue weighted by atomic mass is 19.3. The van der Waals surface area contributed by atoms with E-state index in [-0.39, 0.29) is 17.1 Å². The van der Waals surface area contributed by atoms with E-state index in [1.54, 1.807) is 0 Å². The van der Waals surface area contributed by atoms with Gasteiger partial charge in [-0.1, -0.05) is 25.9 Å². The Morgan fingerprint density at radius 3 is 2.40 bits per heavy atom. The SMILES string of the molecule is CC(C)(C)C(N)c1nc(COCC(F)(F)C(F)F)no1. The first-order valence-electron chi connectivity index (χ1n) is 5.86. The minimum absolute atomic E-state index is 0.0234. The predicted molar refractivity (Wildman–Crippen MR) is 61.3 cm³/mol. The second-order valence-corrected chi connectivity index (χ2v) is 5.45. The molecule has 1 unspecified atom stereocenters. The molecule has 0 radical (unpaired) electrons. The van der Waals surface area contributed by atoms with Gasteiger partial charge < -0.3 is 15.0 Å². The zero-order valence-electron chi connectivity index (χ0n) is 11.4. The molecule has 1 heterocycles. The van der Waals surface area contributed by atoms with Crippen molar-refractivity contribution in [1.82, 2.24) is 10.1 Å². The van der Waals surface area contributed by atoms with Gasteiger partial charge in [0.1, 0.15) is 13.2 Å². The van der Waals surface area contributed by atoms with Gasteiger partial charge in [0.2, 0.25) is 5.89 Å². The summed E-state index contributed by atoms with van der Waals surface area (Å²) < 4.78 is 58.3. The van der Waals surface area contributed by atoms with E-state index < -0.39 is 31.6 Å². The highest BCUT2D eigenvalue weighted by molar-refractivity contribution is 4.95. The first kappa shape index (κ1) is 16.8. The summed E-state index contributed by atoms with van der Waals surface area (Å²) in [5.41, 5.74) is 5.54. The molecule has 0 aliphatic rings. The van der Waals surface area contributed by atoms with Crippen molar-refractivity contribution in [3.8, 4) is 0 Å². The van der Waals surface area contributed by atoms with Crippen LogP contribution in [0.1, 0.15) is 38.5 Å². The average molecular weight is 299 g/mol. The summed E-state index contributed by atoms with van der Waals surface area (Å²) in [7, 11) is 0. The lowest BCUT2D eigenvalue weighted by Gasteiger charge is -2.23. The molecule has 0 saturated carbocycles. The fourth-order valence-corrected chi connectivity index (χ4v) is 1.16. The maximum atomic E-state index is 12.6. The Kier molecular flexibility index (Phi) is 5.09. The van der Waals surface area contributed by atoms with Crippen LogP contribution in [0.15, 0.2) is 4.52 Å². The topological polar surface area (TPSA) is 74.2 Å². The first-order chi connectivity index (χ1) is 9.04. The molecule has 0 saturated heterocycles. The highest BCUT2D eigenvalue weighted by Crippen LogP contribution is 2.29. The van der Waals surface area contributed by atoms with Crippen LogP contribution < -0.4 is 5.73 Å². The molecule has 9 heteroatoms. The number of rotatable bonds is 6. The summed E-state index contributed by atoms with van der Waals surface area (Å²) in [6, 6.07) is -0.536. The summed E-state index contributed by atoms with van der Waals surface area (Å²) in [6.45, 7) is 3.71. The maximum absolute atomic E-state index is 12.6. The number of aromatic nitrogens is 2. The van der Waals surface area contributed by atoms with Crippen LogP contribution in [0.25, 0.3) is 0 Å². The zero-order valence-corrected chi connectivity index (χ0v) is 11.4. The minimum atomic E-state index is -4.20. The fourth-order valence-electron chi connectivity index (χ4n) is 1.16. The van der Waals surface area contributed by atoms with Crippen LogP contribution in [0.2, 0.25) is 0 Å². The lowest BCUT2D eigenvalue weighted by atomic mass is 9.87. The third-order valence-corrected chi connectivity index (χ3v) is 2.53. The average Bonchev–Trinajstić information content (AvgIpc) is 2.74. The molecule has 1 rings (SSSR count). The van der Waals surface area contributed by atoms with Crippen molar-refractivity contribution in [3.63, 3.8) is 0 Å². The maximum Gasteiger partial charge on any atom is 0.330 e. The molecule has 0 fully saturated rings. The van der Waals surface area contributed by atoms with Gasteiger partial charge >= 0.3 is 12.3 Å². The van der Waals surface area contributed by atoms with Crippen LogP contribution in [0, 0.1) is 5.41 Å². The molecule has 0 aliphatic heterocycles. The second-order valence-electron chi connectivity index (χ2n) is 5.45. The lowest BCUT2D eigenvalue weighted by molar-refractivity contribution is -0.168. The van der Waals surface area contributed by atoms with Crippen LogP contribution in [-0.4, -0.2) is 29.1 Å². The predicted octanol–water partition coefficient (Wildman–Crippen LogP) is 2.53. The summed E-state index contributed by atoms with van der Waals surface area (Å²) in [5.74, 6) is -4.09. The van der Waals surface area contributed by atoms with Gasteiger partial charge in [0.15, 0.2) is 5.82 Å². The highest BCUT2D eigenvalue weighted by Gasteiger charge is 2.41. The van der Waals surface area contributed by atoms with Gasteiger partial charge in [-0.2, -0.15) is 13.8 Å². The fraction of sp³-hybridized carbons (Fsp3) is 0.818. The molecule has 0 bridgehead atoms. The van der Waals surface area contributed by atoms with Gasteiger partial charge in [0, 0.05) is 0 Å². The Labute approximate surface area is 113 Å². The van der Waals surface area contributed by atoms with Crippen LogP contribution >= 0.6 is 0 Å². The van der Waals surface area contributed by atoms with E-state index in [1.807, 2.05) is 20.8 Å². The molecule has 1 atom stereocenters. The third kappa shape index (κ3) is 4.41. The summed E-state index contributed by atoms with van der Waals surface area (Å²) >= 11 is 0. The van der Waals surface area contributed by atoms with E-state index in [0.29, 0.717) is 0 Å². The Morgan fingerprint density at radius 2 is 1.90 bits per heavy atom. The Hall–Kier alpha value is -1.22. The molecule has 1 aromatic heterocycles. The van der Waals surface area contributed by atoms with Crippen LogP contribution in [0.3, 0.4) is 0 Å². The molecule has 116 valence electrons. The third-order valence-electron chi connectivity index (χ3n) is 2.53. The molecule has 0 spiro atoms. The number of nitrogens with zero attached hydrogens (tertiary/aromatic N) is 2. The monoisotopic (exact) mass is 299 g/mol. The van der Waals surface area contributed by atoms with Crippen LogP contribution in [0.4, 0.5) is 17.6 Å². The van der Waals surface area contributed by atoms with E-state index in [2.05, 4.69) is 14.9 Å². The molecule has 2 N–H and O–H groups in total. The van der Waals surface area contributed by atoms with Gasteiger partial charge in [-0.3, -0.25) is 0 Å². The van der Waals surface area contributed by atoms with Crippen molar-refractivity contribution < 1.29 is 26.8 Å². The lowest BCUT2D eigenvalue weighted by Crippen LogP contribution is -2.32. The number of nitrogens with two attached hydrogens (primary N) is 1. The van der Waals surface area contributed by atoms with Gasteiger partial charge in [0.05, 0.1) is 6.04 Å². The number of hydrogen-bond donors (Lipinski definition) is 1. The van der Waals surface area contributed by atoms with E-state index in [1.165, 1.54) is 0 Å².